The van der Waals surface area contributed by atoms with Gasteiger partial charge in [-0.25, -0.2) is 4.98 Å². The Morgan fingerprint density at radius 1 is 1.31 bits per heavy atom. The third-order valence-corrected chi connectivity index (χ3v) is 6.15. The maximum Gasteiger partial charge on any atom is 0.235 e. The number of benzene rings is 1. The van der Waals surface area contributed by atoms with Crippen LogP contribution in [0.4, 0.5) is 5.69 Å². The number of nitrogens with one attached hydrogen (secondary N) is 1. The Hall–Kier alpha value is -2.93. The van der Waals surface area contributed by atoms with Crippen LogP contribution >= 0.6 is 0 Å². The van der Waals surface area contributed by atoms with Crippen LogP contribution in [0.5, 0.6) is 5.88 Å². The lowest BCUT2D eigenvalue weighted by atomic mass is 9.86. The molecule has 150 valence electrons. The molecule has 7 nitrogen and oxygen atoms in total. The van der Waals surface area contributed by atoms with Gasteiger partial charge in [0, 0.05) is 35.8 Å². The summed E-state index contributed by atoms with van der Waals surface area (Å²) in [7, 11) is 1.63. The van der Waals surface area contributed by atoms with E-state index in [2.05, 4.69) is 38.6 Å². The molecule has 1 aromatic carbocycles. The molecule has 1 N–H and O–H groups in total. The number of methoxy groups -OCH3 is 1. The number of rotatable bonds is 3. The summed E-state index contributed by atoms with van der Waals surface area (Å²) in [5.74, 6) is 0.341. The maximum absolute atomic E-state index is 12.8. The SMILES string of the molecule is COc1ncc(C)c(-c2ccc3c(c2)NC(=O)C2C=NN([C@H]4CCOC4)[C@@H]32)c1C. The molecule has 3 aliphatic heterocycles. The number of fused-ring (bicyclic) bond motifs is 3. The predicted octanol–water partition coefficient (Wildman–Crippen LogP) is 3.07. The second kappa shape index (κ2) is 6.84. The Morgan fingerprint density at radius 3 is 2.93 bits per heavy atom. The number of hydrogen-bond acceptors (Lipinski definition) is 6. The molecule has 1 unspecified atom stereocenters. The molecule has 4 heterocycles. The molecule has 7 heteroatoms. The second-order valence-corrected chi connectivity index (χ2v) is 7.87. The average Bonchev–Trinajstić information content (AvgIpc) is 3.38. The molecule has 1 saturated heterocycles. The Labute approximate surface area is 169 Å². The summed E-state index contributed by atoms with van der Waals surface area (Å²) in [4.78, 5) is 17.1. The van der Waals surface area contributed by atoms with Gasteiger partial charge < -0.3 is 14.8 Å². The van der Waals surface area contributed by atoms with E-state index < -0.39 is 0 Å². The number of anilines is 1. The smallest absolute Gasteiger partial charge is 0.235 e. The van der Waals surface area contributed by atoms with E-state index in [4.69, 9.17) is 9.47 Å². The summed E-state index contributed by atoms with van der Waals surface area (Å²) in [6.45, 7) is 5.45. The highest BCUT2D eigenvalue weighted by molar-refractivity contribution is 6.06. The van der Waals surface area contributed by atoms with Crippen LogP contribution in [0.1, 0.15) is 29.2 Å². The molecule has 0 radical (unpaired) electrons. The number of nitrogens with zero attached hydrogens (tertiary/aromatic N) is 3. The highest BCUT2D eigenvalue weighted by Gasteiger charge is 2.45. The third kappa shape index (κ3) is 2.80. The van der Waals surface area contributed by atoms with Gasteiger partial charge in [0.1, 0.15) is 5.92 Å². The van der Waals surface area contributed by atoms with Gasteiger partial charge in [-0.1, -0.05) is 12.1 Å². The molecular weight excluding hydrogens is 368 g/mol. The Balaban J connectivity index is 1.58. The Bertz CT molecular complexity index is 1010. The van der Waals surface area contributed by atoms with E-state index in [0.717, 1.165) is 46.5 Å². The van der Waals surface area contributed by atoms with E-state index in [1.54, 1.807) is 13.3 Å². The van der Waals surface area contributed by atoms with Crippen molar-refractivity contribution in [2.45, 2.75) is 32.4 Å². The monoisotopic (exact) mass is 392 g/mol. The molecule has 1 amide bonds. The van der Waals surface area contributed by atoms with Gasteiger partial charge in [0.05, 0.1) is 25.8 Å². The highest BCUT2D eigenvalue weighted by atomic mass is 16.5. The predicted molar refractivity (Wildman–Crippen MR) is 110 cm³/mol. The zero-order chi connectivity index (χ0) is 20.1. The van der Waals surface area contributed by atoms with Gasteiger partial charge in [0.2, 0.25) is 11.8 Å². The Kier molecular flexibility index (Phi) is 4.28. The quantitative estimate of drug-likeness (QED) is 0.869. The molecule has 3 atom stereocenters. The van der Waals surface area contributed by atoms with Gasteiger partial charge in [-0.15, -0.1) is 0 Å². The van der Waals surface area contributed by atoms with Crippen LogP contribution in [-0.4, -0.2) is 48.5 Å². The lowest BCUT2D eigenvalue weighted by Crippen LogP contribution is -2.41. The van der Waals surface area contributed by atoms with Gasteiger partial charge in [0.25, 0.3) is 0 Å². The number of hydrogen-bond donors (Lipinski definition) is 1. The molecular formula is C22H24N4O3. The lowest BCUT2D eigenvalue weighted by molar-refractivity contribution is -0.119. The number of amides is 1. The van der Waals surface area contributed by atoms with E-state index >= 15 is 0 Å². The molecule has 3 aliphatic rings. The van der Waals surface area contributed by atoms with Crippen LogP contribution in [0.15, 0.2) is 29.5 Å². The first kappa shape index (κ1) is 18.1. The summed E-state index contributed by atoms with van der Waals surface area (Å²) < 4.78 is 11.0. The lowest BCUT2D eigenvalue weighted by Gasteiger charge is -2.35. The number of carbonyl (C=O) groups excluding carboxylic acids is 1. The van der Waals surface area contributed by atoms with E-state index in [0.29, 0.717) is 12.5 Å². The normalized spacial score (nSPS) is 25.0. The van der Waals surface area contributed by atoms with Crippen LogP contribution in [0, 0.1) is 19.8 Å². The second-order valence-electron chi connectivity index (χ2n) is 7.87. The highest BCUT2D eigenvalue weighted by Crippen LogP contribution is 2.44. The van der Waals surface area contributed by atoms with Crippen molar-refractivity contribution in [2.24, 2.45) is 11.0 Å². The van der Waals surface area contributed by atoms with Gasteiger partial charge in [-0.2, -0.15) is 5.10 Å². The molecule has 0 saturated carbocycles. The fourth-order valence-electron chi connectivity index (χ4n) is 4.73. The van der Waals surface area contributed by atoms with Gasteiger partial charge >= 0.3 is 0 Å². The molecule has 0 spiro atoms. The standard InChI is InChI=1S/C22H24N4O3/c1-12-9-23-22(28-3)13(2)19(12)14-4-5-16-18(8-14)25-21(27)17-10-24-26(20(16)17)15-6-7-29-11-15/h4-5,8-10,15,17,20H,6-7,11H2,1-3H3,(H,25,27)/t15-,17?,20-/m0/s1. The topological polar surface area (TPSA) is 76.0 Å². The summed E-state index contributed by atoms with van der Waals surface area (Å²) in [5.41, 5.74) is 6.11. The number of hydrazone groups is 1. The molecule has 1 fully saturated rings. The number of aryl methyl sites for hydroxylation is 1. The van der Waals surface area contributed by atoms with Crippen LogP contribution in [0.3, 0.4) is 0 Å². The van der Waals surface area contributed by atoms with Gasteiger partial charge in [-0.05, 0) is 43.0 Å². The summed E-state index contributed by atoms with van der Waals surface area (Å²) in [6.07, 6.45) is 4.53. The van der Waals surface area contributed by atoms with Crippen molar-refractivity contribution < 1.29 is 14.3 Å². The summed E-state index contributed by atoms with van der Waals surface area (Å²) >= 11 is 0. The number of ether oxygens (including phenoxy) is 2. The number of aromatic nitrogens is 1. The van der Waals surface area contributed by atoms with Crippen molar-refractivity contribution in [1.29, 1.82) is 0 Å². The largest absolute Gasteiger partial charge is 0.481 e. The summed E-state index contributed by atoms with van der Waals surface area (Å²) in [6, 6.07) is 6.43. The van der Waals surface area contributed by atoms with Crippen LogP contribution in [0.2, 0.25) is 0 Å². The fraction of sp³-hybridized carbons (Fsp3) is 0.409. The average molecular weight is 392 g/mol. The zero-order valence-electron chi connectivity index (χ0n) is 16.8. The van der Waals surface area contributed by atoms with Crippen LogP contribution < -0.4 is 10.1 Å². The van der Waals surface area contributed by atoms with Crippen molar-refractivity contribution >= 4 is 17.8 Å². The number of carbonyl (C=O) groups is 1. The van der Waals surface area contributed by atoms with Crippen molar-refractivity contribution in [3.8, 4) is 17.0 Å². The molecule has 1 aromatic heterocycles. The Morgan fingerprint density at radius 2 is 2.17 bits per heavy atom. The first-order chi connectivity index (χ1) is 14.1. The maximum atomic E-state index is 12.8. The van der Waals surface area contributed by atoms with E-state index in [1.807, 2.05) is 20.0 Å². The molecule has 0 aliphatic carbocycles. The van der Waals surface area contributed by atoms with Crippen molar-refractivity contribution in [1.82, 2.24) is 9.99 Å². The third-order valence-electron chi connectivity index (χ3n) is 6.15. The minimum Gasteiger partial charge on any atom is -0.481 e. The van der Waals surface area contributed by atoms with Crippen LogP contribution in [-0.2, 0) is 9.53 Å². The zero-order valence-corrected chi connectivity index (χ0v) is 16.8. The molecule has 0 bridgehead atoms. The van der Waals surface area contributed by atoms with Crippen molar-refractivity contribution in [3.05, 3.63) is 41.1 Å². The molecule has 29 heavy (non-hydrogen) atoms. The van der Waals surface area contributed by atoms with Crippen molar-refractivity contribution in [3.63, 3.8) is 0 Å². The first-order valence-electron chi connectivity index (χ1n) is 9.94. The van der Waals surface area contributed by atoms with Gasteiger partial charge in [0.15, 0.2) is 0 Å². The van der Waals surface area contributed by atoms with E-state index in [-0.39, 0.29) is 23.9 Å². The van der Waals surface area contributed by atoms with Crippen LogP contribution in [0.25, 0.3) is 11.1 Å². The summed E-state index contributed by atoms with van der Waals surface area (Å²) in [5, 5.41) is 9.74. The molecule has 5 rings (SSSR count). The minimum absolute atomic E-state index is 0.00873. The number of pyridine rings is 1. The van der Waals surface area contributed by atoms with Gasteiger partial charge in [-0.3, -0.25) is 9.80 Å². The fourth-order valence-corrected chi connectivity index (χ4v) is 4.73. The minimum atomic E-state index is -0.265. The van der Waals surface area contributed by atoms with E-state index in [9.17, 15) is 4.79 Å². The van der Waals surface area contributed by atoms with Crippen molar-refractivity contribution in [2.75, 3.05) is 25.6 Å². The molecule has 2 aromatic rings. The first-order valence-corrected chi connectivity index (χ1v) is 9.94. The van der Waals surface area contributed by atoms with E-state index in [1.165, 1.54) is 0 Å².